The van der Waals surface area contributed by atoms with Crippen molar-refractivity contribution in [3.63, 3.8) is 0 Å². The van der Waals surface area contributed by atoms with Crippen molar-refractivity contribution >= 4 is 21.4 Å². The zero-order valence-electron chi connectivity index (χ0n) is 12.3. The third-order valence-corrected chi connectivity index (χ3v) is 5.90. The molecule has 0 aliphatic heterocycles. The molecule has 2 rings (SSSR count). The largest absolute Gasteiger partial charge is 0.326 e. The van der Waals surface area contributed by atoms with Gasteiger partial charge in [-0.15, -0.1) is 11.3 Å². The Bertz CT molecular complexity index is 738. The molecule has 7 heteroatoms. The predicted molar refractivity (Wildman–Crippen MR) is 84.7 cm³/mol. The van der Waals surface area contributed by atoms with Crippen molar-refractivity contribution in [3.8, 4) is 0 Å². The topological polar surface area (TPSA) is 85.1 Å². The number of sulfonamides is 1. The standard InChI is InChI=1S/C14H19N3O2S2/c1-9-4-5-12(7-15)6-13(9)21(18,19)17-11(3)14-16-8-10(2)20-14/h4-6,8,11,17H,7,15H2,1-3H3. The van der Waals surface area contributed by atoms with Crippen LogP contribution >= 0.6 is 11.3 Å². The molecule has 0 radical (unpaired) electrons. The van der Waals surface area contributed by atoms with Crippen LogP contribution in [-0.4, -0.2) is 13.4 Å². The van der Waals surface area contributed by atoms with Crippen molar-refractivity contribution in [3.05, 3.63) is 45.4 Å². The maximum Gasteiger partial charge on any atom is 0.241 e. The first-order valence-corrected chi connectivity index (χ1v) is 8.87. The number of rotatable bonds is 5. The quantitative estimate of drug-likeness (QED) is 0.883. The molecule has 1 aromatic heterocycles. The Kier molecular flexibility index (Phi) is 4.77. The zero-order valence-corrected chi connectivity index (χ0v) is 13.9. The Labute approximate surface area is 129 Å². The molecule has 1 atom stereocenters. The Morgan fingerprint density at radius 3 is 2.67 bits per heavy atom. The van der Waals surface area contributed by atoms with Crippen LogP contribution in [0.1, 0.15) is 34.0 Å². The molecular weight excluding hydrogens is 306 g/mol. The van der Waals surface area contributed by atoms with Gasteiger partial charge >= 0.3 is 0 Å². The van der Waals surface area contributed by atoms with Gasteiger partial charge in [-0.25, -0.2) is 18.1 Å². The van der Waals surface area contributed by atoms with E-state index in [0.29, 0.717) is 12.1 Å². The molecule has 0 saturated carbocycles. The van der Waals surface area contributed by atoms with Gasteiger partial charge in [0.2, 0.25) is 10.0 Å². The van der Waals surface area contributed by atoms with Crippen LogP contribution in [0.15, 0.2) is 29.3 Å². The molecule has 0 fully saturated rings. The molecule has 3 N–H and O–H groups in total. The molecule has 0 spiro atoms. The van der Waals surface area contributed by atoms with Gasteiger partial charge in [0.1, 0.15) is 5.01 Å². The first kappa shape index (κ1) is 16.1. The number of nitrogens with zero attached hydrogens (tertiary/aromatic N) is 1. The lowest BCUT2D eigenvalue weighted by Crippen LogP contribution is -2.27. The zero-order chi connectivity index (χ0) is 15.6. The molecule has 21 heavy (non-hydrogen) atoms. The Morgan fingerprint density at radius 2 is 2.10 bits per heavy atom. The molecule has 1 aromatic carbocycles. The summed E-state index contributed by atoms with van der Waals surface area (Å²) in [6.45, 7) is 5.81. The van der Waals surface area contributed by atoms with Gasteiger partial charge in [0.25, 0.3) is 0 Å². The van der Waals surface area contributed by atoms with Gasteiger partial charge in [-0.2, -0.15) is 0 Å². The van der Waals surface area contributed by atoms with E-state index in [0.717, 1.165) is 15.4 Å². The van der Waals surface area contributed by atoms with E-state index >= 15 is 0 Å². The van der Waals surface area contributed by atoms with Crippen LogP contribution in [0.2, 0.25) is 0 Å². The molecule has 0 amide bonds. The molecule has 114 valence electrons. The minimum atomic E-state index is -3.60. The number of aromatic nitrogens is 1. The first-order valence-electron chi connectivity index (χ1n) is 6.57. The minimum absolute atomic E-state index is 0.269. The van der Waals surface area contributed by atoms with E-state index in [-0.39, 0.29) is 10.9 Å². The van der Waals surface area contributed by atoms with Gasteiger partial charge in [-0.1, -0.05) is 12.1 Å². The number of hydrogen-bond acceptors (Lipinski definition) is 5. The summed E-state index contributed by atoms with van der Waals surface area (Å²) in [4.78, 5) is 5.54. The summed E-state index contributed by atoms with van der Waals surface area (Å²) in [5.74, 6) is 0. The van der Waals surface area contributed by atoms with Gasteiger partial charge in [-0.3, -0.25) is 0 Å². The van der Waals surface area contributed by atoms with Crippen LogP contribution in [0.3, 0.4) is 0 Å². The molecule has 0 aliphatic rings. The van der Waals surface area contributed by atoms with Crippen LogP contribution in [0.5, 0.6) is 0 Å². The summed E-state index contributed by atoms with van der Waals surface area (Å²) in [7, 11) is -3.60. The molecular formula is C14H19N3O2S2. The fourth-order valence-electron chi connectivity index (χ4n) is 1.98. The average molecular weight is 325 g/mol. The van der Waals surface area contributed by atoms with Gasteiger partial charge in [0, 0.05) is 17.6 Å². The van der Waals surface area contributed by atoms with E-state index < -0.39 is 10.0 Å². The van der Waals surface area contributed by atoms with Crippen LogP contribution in [0.4, 0.5) is 0 Å². The number of aryl methyl sites for hydroxylation is 2. The smallest absolute Gasteiger partial charge is 0.241 e. The summed E-state index contributed by atoms with van der Waals surface area (Å²) in [6, 6.07) is 4.86. The second kappa shape index (κ2) is 6.23. The van der Waals surface area contributed by atoms with E-state index in [1.165, 1.54) is 11.3 Å². The van der Waals surface area contributed by atoms with Crippen molar-refractivity contribution in [2.45, 2.75) is 38.3 Å². The average Bonchev–Trinajstić information content (AvgIpc) is 2.85. The number of nitrogens with two attached hydrogens (primary N) is 1. The van der Waals surface area contributed by atoms with E-state index in [1.807, 2.05) is 13.0 Å². The third kappa shape index (κ3) is 3.68. The van der Waals surface area contributed by atoms with Gasteiger partial charge < -0.3 is 5.73 Å². The normalized spacial score (nSPS) is 13.3. The number of benzene rings is 1. The van der Waals surface area contributed by atoms with Crippen molar-refractivity contribution in [2.24, 2.45) is 5.73 Å². The second-order valence-electron chi connectivity index (χ2n) is 4.96. The highest BCUT2D eigenvalue weighted by atomic mass is 32.2. The summed E-state index contributed by atoms with van der Waals surface area (Å²) >= 11 is 1.49. The molecule has 1 heterocycles. The van der Waals surface area contributed by atoms with Gasteiger partial charge in [0.15, 0.2) is 0 Å². The fraction of sp³-hybridized carbons (Fsp3) is 0.357. The lowest BCUT2D eigenvalue weighted by Gasteiger charge is -2.14. The van der Waals surface area contributed by atoms with Crippen LogP contribution in [-0.2, 0) is 16.6 Å². The highest BCUT2D eigenvalue weighted by molar-refractivity contribution is 7.89. The lowest BCUT2D eigenvalue weighted by atomic mass is 10.1. The van der Waals surface area contributed by atoms with Crippen molar-refractivity contribution < 1.29 is 8.42 Å². The molecule has 0 saturated heterocycles. The lowest BCUT2D eigenvalue weighted by molar-refractivity contribution is 0.565. The van der Waals surface area contributed by atoms with E-state index in [9.17, 15) is 8.42 Å². The maximum atomic E-state index is 12.5. The highest BCUT2D eigenvalue weighted by Gasteiger charge is 2.22. The van der Waals surface area contributed by atoms with Crippen LogP contribution in [0.25, 0.3) is 0 Å². The number of thiazole rings is 1. The molecule has 2 aromatic rings. The van der Waals surface area contributed by atoms with E-state index in [2.05, 4.69) is 9.71 Å². The molecule has 0 bridgehead atoms. The molecule has 1 unspecified atom stereocenters. The Balaban J connectivity index is 2.30. The maximum absolute atomic E-state index is 12.5. The SMILES string of the molecule is Cc1cnc(C(C)NS(=O)(=O)c2cc(CN)ccc2C)s1. The summed E-state index contributed by atoms with van der Waals surface area (Å²) in [5.41, 5.74) is 7.07. The second-order valence-corrected chi connectivity index (χ2v) is 7.90. The first-order chi connectivity index (χ1) is 9.83. The third-order valence-electron chi connectivity index (χ3n) is 3.12. The van der Waals surface area contributed by atoms with Crippen molar-refractivity contribution in [2.75, 3.05) is 0 Å². The van der Waals surface area contributed by atoms with Crippen molar-refractivity contribution in [1.29, 1.82) is 0 Å². The van der Waals surface area contributed by atoms with Crippen molar-refractivity contribution in [1.82, 2.24) is 9.71 Å². The van der Waals surface area contributed by atoms with E-state index in [4.69, 9.17) is 5.73 Å². The van der Waals surface area contributed by atoms with Crippen LogP contribution < -0.4 is 10.5 Å². The summed E-state index contributed by atoms with van der Waals surface area (Å²) in [5, 5.41) is 0.753. The van der Waals surface area contributed by atoms with Crippen LogP contribution in [0, 0.1) is 13.8 Å². The minimum Gasteiger partial charge on any atom is -0.326 e. The van der Waals surface area contributed by atoms with Gasteiger partial charge in [0.05, 0.1) is 10.9 Å². The molecule has 5 nitrogen and oxygen atoms in total. The fourth-order valence-corrected chi connectivity index (χ4v) is 4.33. The van der Waals surface area contributed by atoms with Gasteiger partial charge in [-0.05, 0) is 38.0 Å². The summed E-state index contributed by atoms with van der Waals surface area (Å²) < 4.78 is 27.7. The highest BCUT2D eigenvalue weighted by Crippen LogP contribution is 2.23. The molecule has 0 aliphatic carbocycles. The Morgan fingerprint density at radius 1 is 1.38 bits per heavy atom. The predicted octanol–water partition coefficient (Wildman–Crippen LogP) is 2.26. The Hall–Kier alpha value is -1.28. The number of nitrogens with one attached hydrogen (secondary N) is 1. The van der Waals surface area contributed by atoms with E-state index in [1.54, 1.807) is 32.2 Å². The monoisotopic (exact) mass is 325 g/mol. The number of hydrogen-bond donors (Lipinski definition) is 2. The summed E-state index contributed by atoms with van der Waals surface area (Å²) in [6.07, 6.45) is 1.74.